The molecule has 2 N–H and O–H groups in total. The first kappa shape index (κ1) is 10.2. The quantitative estimate of drug-likeness (QED) is 0.662. The summed E-state index contributed by atoms with van der Waals surface area (Å²) in [4.78, 5) is 4.28. The number of pyridine rings is 1. The van der Waals surface area contributed by atoms with E-state index in [-0.39, 0.29) is 6.04 Å². The van der Waals surface area contributed by atoms with Gasteiger partial charge in [-0.15, -0.1) is 0 Å². The topological polar surface area (TPSA) is 38.9 Å². The van der Waals surface area contributed by atoms with Crippen LogP contribution in [0.5, 0.6) is 0 Å². The number of aromatic nitrogens is 1. The minimum Gasteiger partial charge on any atom is -0.323 e. The molecular weight excluding hydrogens is 160 g/mol. The van der Waals surface area contributed by atoms with Gasteiger partial charge in [0, 0.05) is 12.2 Å². The van der Waals surface area contributed by atoms with Crippen molar-refractivity contribution in [2.24, 2.45) is 5.73 Å². The van der Waals surface area contributed by atoms with Crippen LogP contribution in [-0.2, 0) is 6.42 Å². The predicted molar refractivity (Wildman–Crippen MR) is 55.5 cm³/mol. The fourth-order valence-corrected chi connectivity index (χ4v) is 1.65. The molecule has 13 heavy (non-hydrogen) atoms. The summed E-state index contributed by atoms with van der Waals surface area (Å²) in [6, 6.07) is 4.29. The molecule has 0 saturated carbocycles. The van der Waals surface area contributed by atoms with Crippen molar-refractivity contribution in [3.05, 3.63) is 29.6 Å². The summed E-state index contributed by atoms with van der Waals surface area (Å²) < 4.78 is 0. The fourth-order valence-electron chi connectivity index (χ4n) is 1.65. The SMILES string of the molecule is CC.NC1CCCc2cccnc21. The van der Waals surface area contributed by atoms with E-state index in [0.717, 1.165) is 18.5 Å². The number of fused-ring (bicyclic) bond motifs is 1. The zero-order valence-electron chi connectivity index (χ0n) is 8.46. The first-order chi connectivity index (χ1) is 6.38. The van der Waals surface area contributed by atoms with Gasteiger partial charge in [0.25, 0.3) is 0 Å². The summed E-state index contributed by atoms with van der Waals surface area (Å²) >= 11 is 0. The molecule has 0 amide bonds. The van der Waals surface area contributed by atoms with Crippen LogP contribution in [0, 0.1) is 0 Å². The molecule has 1 atom stereocenters. The average molecular weight is 178 g/mol. The lowest BCUT2D eigenvalue weighted by Gasteiger charge is -2.19. The van der Waals surface area contributed by atoms with Crippen molar-refractivity contribution in [3.8, 4) is 0 Å². The monoisotopic (exact) mass is 178 g/mol. The highest BCUT2D eigenvalue weighted by Gasteiger charge is 2.16. The van der Waals surface area contributed by atoms with Crippen LogP contribution in [0.1, 0.15) is 44.0 Å². The molecule has 0 fully saturated rings. The van der Waals surface area contributed by atoms with Gasteiger partial charge < -0.3 is 5.73 Å². The van der Waals surface area contributed by atoms with Gasteiger partial charge in [-0.3, -0.25) is 4.98 Å². The second-order valence-corrected chi connectivity index (χ2v) is 3.05. The molecule has 1 aromatic heterocycles. The maximum Gasteiger partial charge on any atom is 0.0602 e. The van der Waals surface area contributed by atoms with Gasteiger partial charge in [-0.05, 0) is 30.9 Å². The Balaban J connectivity index is 0.000000396. The van der Waals surface area contributed by atoms with E-state index in [2.05, 4.69) is 11.1 Å². The molecule has 0 bridgehead atoms. The van der Waals surface area contributed by atoms with E-state index in [1.807, 2.05) is 26.1 Å². The molecule has 1 heterocycles. The van der Waals surface area contributed by atoms with E-state index in [1.165, 1.54) is 12.0 Å². The molecule has 0 aromatic carbocycles. The Morgan fingerprint density at radius 2 is 2.23 bits per heavy atom. The Bertz CT molecular complexity index is 258. The van der Waals surface area contributed by atoms with Gasteiger partial charge in [0.1, 0.15) is 0 Å². The van der Waals surface area contributed by atoms with Gasteiger partial charge in [-0.2, -0.15) is 0 Å². The maximum absolute atomic E-state index is 5.88. The third-order valence-electron chi connectivity index (χ3n) is 2.24. The number of rotatable bonds is 0. The lowest BCUT2D eigenvalue weighted by molar-refractivity contribution is 0.554. The van der Waals surface area contributed by atoms with Gasteiger partial charge in [-0.1, -0.05) is 19.9 Å². The highest BCUT2D eigenvalue weighted by atomic mass is 14.8. The van der Waals surface area contributed by atoms with E-state index in [4.69, 9.17) is 5.73 Å². The maximum atomic E-state index is 5.88. The smallest absolute Gasteiger partial charge is 0.0602 e. The summed E-state index contributed by atoms with van der Waals surface area (Å²) in [5.74, 6) is 0. The molecule has 0 spiro atoms. The summed E-state index contributed by atoms with van der Waals surface area (Å²) in [6.07, 6.45) is 5.27. The molecule has 2 rings (SSSR count). The number of hydrogen-bond donors (Lipinski definition) is 1. The van der Waals surface area contributed by atoms with Gasteiger partial charge in [0.2, 0.25) is 0 Å². The molecule has 0 radical (unpaired) electrons. The summed E-state index contributed by atoms with van der Waals surface area (Å²) in [6.45, 7) is 4.00. The van der Waals surface area contributed by atoms with E-state index in [0.29, 0.717) is 0 Å². The number of nitrogens with zero attached hydrogens (tertiary/aromatic N) is 1. The average Bonchev–Trinajstić information content (AvgIpc) is 2.22. The van der Waals surface area contributed by atoms with Crippen molar-refractivity contribution in [1.82, 2.24) is 4.98 Å². The van der Waals surface area contributed by atoms with E-state index < -0.39 is 0 Å². The van der Waals surface area contributed by atoms with Crippen molar-refractivity contribution in [2.75, 3.05) is 0 Å². The van der Waals surface area contributed by atoms with Crippen LogP contribution in [0.15, 0.2) is 18.3 Å². The Labute approximate surface area is 80.2 Å². The van der Waals surface area contributed by atoms with E-state index in [9.17, 15) is 0 Å². The van der Waals surface area contributed by atoms with E-state index >= 15 is 0 Å². The first-order valence-electron chi connectivity index (χ1n) is 5.07. The van der Waals surface area contributed by atoms with Gasteiger partial charge in [0.05, 0.1) is 5.69 Å². The second-order valence-electron chi connectivity index (χ2n) is 3.05. The lowest BCUT2D eigenvalue weighted by atomic mass is 9.93. The van der Waals surface area contributed by atoms with Crippen molar-refractivity contribution >= 4 is 0 Å². The Hall–Kier alpha value is -0.890. The van der Waals surface area contributed by atoms with Crippen LogP contribution >= 0.6 is 0 Å². The van der Waals surface area contributed by atoms with Crippen LogP contribution in [0.2, 0.25) is 0 Å². The molecule has 72 valence electrons. The standard InChI is InChI=1S/C9H12N2.C2H6/c10-8-5-1-3-7-4-2-6-11-9(7)8;1-2/h2,4,6,8H,1,3,5,10H2;1-2H3. The fraction of sp³-hybridized carbons (Fsp3) is 0.545. The Morgan fingerprint density at radius 3 is 2.92 bits per heavy atom. The van der Waals surface area contributed by atoms with Crippen molar-refractivity contribution in [3.63, 3.8) is 0 Å². The summed E-state index contributed by atoms with van der Waals surface area (Å²) in [5, 5.41) is 0. The van der Waals surface area contributed by atoms with Crippen LogP contribution in [-0.4, -0.2) is 4.98 Å². The molecular formula is C11H18N2. The molecule has 0 aliphatic heterocycles. The Morgan fingerprint density at radius 1 is 1.46 bits per heavy atom. The zero-order valence-corrected chi connectivity index (χ0v) is 8.46. The van der Waals surface area contributed by atoms with Crippen molar-refractivity contribution < 1.29 is 0 Å². The lowest BCUT2D eigenvalue weighted by Crippen LogP contribution is -2.18. The van der Waals surface area contributed by atoms with Crippen molar-refractivity contribution in [2.45, 2.75) is 39.2 Å². The largest absolute Gasteiger partial charge is 0.323 e. The van der Waals surface area contributed by atoms with Crippen LogP contribution < -0.4 is 5.73 Å². The molecule has 2 heteroatoms. The number of hydrogen-bond acceptors (Lipinski definition) is 2. The molecule has 1 aliphatic rings. The molecule has 2 nitrogen and oxygen atoms in total. The zero-order chi connectivity index (χ0) is 9.68. The highest BCUT2D eigenvalue weighted by Crippen LogP contribution is 2.24. The molecule has 1 aromatic rings. The first-order valence-corrected chi connectivity index (χ1v) is 5.07. The summed E-state index contributed by atoms with van der Waals surface area (Å²) in [7, 11) is 0. The van der Waals surface area contributed by atoms with Crippen LogP contribution in [0.3, 0.4) is 0 Å². The minimum absolute atomic E-state index is 0.181. The molecule has 1 aliphatic carbocycles. The second kappa shape index (κ2) is 4.97. The Kier molecular flexibility index (Phi) is 3.90. The number of aryl methyl sites for hydroxylation is 1. The molecule has 0 saturated heterocycles. The third-order valence-corrected chi connectivity index (χ3v) is 2.24. The third kappa shape index (κ3) is 2.28. The van der Waals surface area contributed by atoms with Gasteiger partial charge in [0.15, 0.2) is 0 Å². The van der Waals surface area contributed by atoms with Crippen LogP contribution in [0.25, 0.3) is 0 Å². The van der Waals surface area contributed by atoms with Gasteiger partial charge in [-0.25, -0.2) is 0 Å². The van der Waals surface area contributed by atoms with E-state index in [1.54, 1.807) is 0 Å². The number of nitrogens with two attached hydrogens (primary N) is 1. The minimum atomic E-state index is 0.181. The van der Waals surface area contributed by atoms with Crippen LogP contribution in [0.4, 0.5) is 0 Å². The normalized spacial score (nSPS) is 19.8. The van der Waals surface area contributed by atoms with Crippen molar-refractivity contribution in [1.29, 1.82) is 0 Å². The van der Waals surface area contributed by atoms with Gasteiger partial charge >= 0.3 is 0 Å². The predicted octanol–water partition coefficient (Wildman–Crippen LogP) is 2.44. The highest BCUT2D eigenvalue weighted by molar-refractivity contribution is 5.24. The molecule has 1 unspecified atom stereocenters. The summed E-state index contributed by atoms with van der Waals surface area (Å²) in [5.41, 5.74) is 8.33.